The molecule has 0 fully saturated rings. The molecule has 41 heavy (non-hydrogen) atoms. The van der Waals surface area contributed by atoms with Crippen LogP contribution in [-0.4, -0.2) is 58.1 Å². The fraction of sp³-hybridized carbons (Fsp3) is 0. The molecule has 4 N–H and O–H groups in total. The maximum atomic E-state index is 12.0. The maximum Gasteiger partial charge on any atom is 1.00 e. The second-order valence-electron chi connectivity index (χ2n) is 8.58. The third-order valence-corrected chi connectivity index (χ3v) is 7.86. The average molecular weight is 605 g/mol. The van der Waals surface area contributed by atoms with Crippen molar-refractivity contribution in [2.45, 2.75) is 9.79 Å². The van der Waals surface area contributed by atoms with E-state index in [-0.39, 0.29) is 51.8 Å². The molecule has 0 amide bonds. The van der Waals surface area contributed by atoms with E-state index in [9.17, 15) is 45.7 Å². The monoisotopic (exact) mass is 604 g/mol. The van der Waals surface area contributed by atoms with Crippen molar-refractivity contribution < 1.29 is 76.7 Å². The number of carboxylic acids is 2. The molecule has 15 heteroatoms. The fourth-order valence-electron chi connectivity index (χ4n) is 4.28. The number of fused-ring (bicyclic) bond motifs is 3. The molecule has 0 atom stereocenters. The molecule has 2 aromatic heterocycles. The Morgan fingerprint density at radius 3 is 1.17 bits per heavy atom. The van der Waals surface area contributed by atoms with E-state index in [0.29, 0.717) is 33.0 Å². The van der Waals surface area contributed by atoms with Gasteiger partial charge in [-0.05, 0) is 58.7 Å². The minimum absolute atomic E-state index is 0. The molecule has 0 spiro atoms. The van der Waals surface area contributed by atoms with Gasteiger partial charge in [0.05, 0.1) is 20.8 Å². The number of carbonyl (C=O) groups is 2. The van der Waals surface area contributed by atoms with Crippen LogP contribution in [0.25, 0.3) is 44.1 Å². The molecular formula is C26H17N2NaO10S2. The van der Waals surface area contributed by atoms with Crippen molar-refractivity contribution in [3.63, 3.8) is 0 Å². The zero-order chi connectivity index (χ0) is 29.0. The molecule has 0 aliphatic rings. The number of nitrogens with zero attached hydrogens (tertiary/aromatic N) is 2. The first-order valence-corrected chi connectivity index (χ1v) is 14.0. The summed E-state index contributed by atoms with van der Waals surface area (Å²) in [7, 11) is -8.94. The van der Waals surface area contributed by atoms with Gasteiger partial charge in [0.2, 0.25) is 0 Å². The second-order valence-corrected chi connectivity index (χ2v) is 11.4. The van der Waals surface area contributed by atoms with E-state index < -0.39 is 43.6 Å². The minimum atomic E-state index is -4.47. The molecule has 0 unspecified atom stereocenters. The zero-order valence-electron chi connectivity index (χ0n) is 21.9. The third kappa shape index (κ3) is 5.85. The van der Waals surface area contributed by atoms with Crippen molar-refractivity contribution in [1.82, 2.24) is 9.97 Å². The van der Waals surface area contributed by atoms with E-state index in [4.69, 9.17) is 0 Å². The van der Waals surface area contributed by atoms with Gasteiger partial charge in [0, 0.05) is 10.8 Å². The Balaban J connectivity index is 0.00000242. The standard InChI is InChI=1S/C26H16N2O10S2.Na.H/c29-25(30)21-11-19(13-1-5-15(6-2-13)39(33,34)35)17-9-10-18-20(14-3-7-16(8-4-14)40(36,37)38)12-22(26(31)32)28-24(18)23(17)27-21;;/h1-12H,(H,29,30)(H,31,32)(H,33,34,35)(H,36,37,38);;/q;+1;-1. The van der Waals surface area contributed by atoms with Gasteiger partial charge in [0.15, 0.2) is 0 Å². The average Bonchev–Trinajstić information content (AvgIpc) is 2.90. The molecule has 5 aromatic rings. The van der Waals surface area contributed by atoms with Crippen LogP contribution in [0, 0.1) is 0 Å². The van der Waals surface area contributed by atoms with Crippen LogP contribution in [0.5, 0.6) is 0 Å². The zero-order valence-corrected chi connectivity index (χ0v) is 24.5. The van der Waals surface area contributed by atoms with E-state index in [2.05, 4.69) is 9.97 Å². The number of aromatic carboxylic acids is 2. The SMILES string of the molecule is O=C(O)c1cc(-c2ccc(S(=O)(=O)O)cc2)c2ccc3c(-c4ccc(S(=O)(=O)O)cc4)cc(C(=O)O)nc3c2n1.[H-].[Na+]. The predicted octanol–water partition coefficient (Wildman–Crippen LogP) is 1.12. The fourth-order valence-corrected chi connectivity index (χ4v) is 5.24. The first-order chi connectivity index (χ1) is 18.7. The summed E-state index contributed by atoms with van der Waals surface area (Å²) in [5, 5.41) is 20.2. The number of pyridine rings is 2. The van der Waals surface area contributed by atoms with Gasteiger partial charge >= 0.3 is 41.5 Å². The van der Waals surface area contributed by atoms with Crippen molar-refractivity contribution in [2.75, 3.05) is 0 Å². The minimum Gasteiger partial charge on any atom is -1.00 e. The Labute approximate surface area is 255 Å². The Kier molecular flexibility index (Phi) is 8.03. The largest absolute Gasteiger partial charge is 1.00 e. The van der Waals surface area contributed by atoms with Gasteiger partial charge in [-0.3, -0.25) is 9.11 Å². The number of carboxylic acid groups (broad SMARTS) is 2. The van der Waals surface area contributed by atoms with Crippen LogP contribution in [0.1, 0.15) is 22.4 Å². The number of hydrogen-bond acceptors (Lipinski definition) is 8. The van der Waals surface area contributed by atoms with Gasteiger partial charge in [-0.1, -0.05) is 36.4 Å². The maximum absolute atomic E-state index is 12.0. The topological polar surface area (TPSA) is 209 Å². The van der Waals surface area contributed by atoms with Crippen LogP contribution in [0.3, 0.4) is 0 Å². The molecule has 204 valence electrons. The van der Waals surface area contributed by atoms with Crippen LogP contribution in [-0.2, 0) is 20.2 Å². The van der Waals surface area contributed by atoms with Crippen molar-refractivity contribution in [1.29, 1.82) is 0 Å². The molecular weight excluding hydrogens is 587 g/mol. The molecule has 0 bridgehead atoms. The first kappa shape index (κ1) is 30.2. The quantitative estimate of drug-likeness (QED) is 0.122. The Bertz CT molecular complexity index is 1950. The Morgan fingerprint density at radius 2 is 0.902 bits per heavy atom. The van der Waals surface area contributed by atoms with Gasteiger partial charge in [-0.15, -0.1) is 0 Å². The van der Waals surface area contributed by atoms with Crippen LogP contribution in [0.15, 0.2) is 82.6 Å². The first-order valence-electron chi connectivity index (χ1n) is 11.1. The molecule has 5 rings (SSSR count). The van der Waals surface area contributed by atoms with Gasteiger partial charge in [-0.25, -0.2) is 19.6 Å². The summed E-state index contributed by atoms with van der Waals surface area (Å²) in [5.74, 6) is -2.77. The summed E-state index contributed by atoms with van der Waals surface area (Å²) >= 11 is 0. The summed E-state index contributed by atoms with van der Waals surface area (Å²) < 4.78 is 64.4. The van der Waals surface area contributed by atoms with E-state index >= 15 is 0 Å². The molecule has 3 aromatic carbocycles. The number of aromatic nitrogens is 2. The van der Waals surface area contributed by atoms with Gasteiger partial charge < -0.3 is 11.6 Å². The summed E-state index contributed by atoms with van der Waals surface area (Å²) in [4.78, 5) is 31.7. The van der Waals surface area contributed by atoms with Gasteiger partial charge in [-0.2, -0.15) is 16.8 Å². The van der Waals surface area contributed by atoms with Crippen LogP contribution >= 0.6 is 0 Å². The summed E-state index contributed by atoms with van der Waals surface area (Å²) in [5.41, 5.74) is 0.732. The molecule has 0 aliphatic carbocycles. The molecule has 12 nitrogen and oxygen atoms in total. The number of rotatable bonds is 6. The second kappa shape index (κ2) is 10.9. The van der Waals surface area contributed by atoms with Crippen molar-refractivity contribution in [3.05, 3.63) is 84.2 Å². The predicted molar refractivity (Wildman–Crippen MR) is 143 cm³/mol. The molecule has 0 aliphatic heterocycles. The van der Waals surface area contributed by atoms with Crippen LogP contribution in [0.4, 0.5) is 0 Å². The normalized spacial score (nSPS) is 11.8. The van der Waals surface area contributed by atoms with E-state index in [1.165, 1.54) is 36.4 Å². The summed E-state index contributed by atoms with van der Waals surface area (Å²) in [6, 6.07) is 15.8. The van der Waals surface area contributed by atoms with E-state index in [1.54, 1.807) is 12.1 Å². The molecule has 2 heterocycles. The molecule has 0 saturated carbocycles. The van der Waals surface area contributed by atoms with E-state index in [1.807, 2.05) is 0 Å². The summed E-state index contributed by atoms with van der Waals surface area (Å²) in [6.45, 7) is 0. The Morgan fingerprint density at radius 1 is 0.585 bits per heavy atom. The van der Waals surface area contributed by atoms with Crippen molar-refractivity contribution in [3.8, 4) is 22.3 Å². The van der Waals surface area contributed by atoms with E-state index in [0.717, 1.165) is 24.3 Å². The van der Waals surface area contributed by atoms with Crippen molar-refractivity contribution >= 4 is 54.0 Å². The smallest absolute Gasteiger partial charge is 1.00 e. The van der Waals surface area contributed by atoms with Crippen LogP contribution in [0.2, 0.25) is 0 Å². The van der Waals surface area contributed by atoms with Crippen LogP contribution < -0.4 is 29.6 Å². The Hall–Kier alpha value is -3.76. The summed E-state index contributed by atoms with van der Waals surface area (Å²) in [6.07, 6.45) is 0. The van der Waals surface area contributed by atoms with Gasteiger partial charge in [0.25, 0.3) is 20.2 Å². The van der Waals surface area contributed by atoms with Crippen molar-refractivity contribution in [2.24, 2.45) is 0 Å². The number of hydrogen-bond donors (Lipinski definition) is 4. The molecule has 0 radical (unpaired) electrons. The molecule has 0 saturated heterocycles. The van der Waals surface area contributed by atoms with Gasteiger partial charge in [0.1, 0.15) is 11.4 Å². The third-order valence-electron chi connectivity index (χ3n) is 6.12. The number of benzene rings is 3.